The third kappa shape index (κ3) is 5.92. The van der Waals surface area contributed by atoms with Gasteiger partial charge in [0.1, 0.15) is 5.75 Å². The second kappa shape index (κ2) is 10.2. The van der Waals surface area contributed by atoms with Crippen molar-refractivity contribution in [3.05, 3.63) is 63.6 Å². The first-order chi connectivity index (χ1) is 14.7. The number of carbonyl (C=O) groups excluding carboxylic acids is 1. The van der Waals surface area contributed by atoms with Crippen molar-refractivity contribution in [2.24, 2.45) is 5.92 Å². The van der Waals surface area contributed by atoms with Crippen molar-refractivity contribution in [1.82, 2.24) is 9.21 Å². The Morgan fingerprint density at radius 3 is 2.65 bits per heavy atom. The third-order valence-corrected chi connectivity index (χ3v) is 7.99. The van der Waals surface area contributed by atoms with Crippen molar-refractivity contribution < 1.29 is 17.9 Å². The highest BCUT2D eigenvalue weighted by Gasteiger charge is 2.33. The van der Waals surface area contributed by atoms with Crippen LogP contribution in [0.3, 0.4) is 0 Å². The number of nitrogens with zero attached hydrogens (tertiary/aromatic N) is 2. The highest BCUT2D eigenvalue weighted by Crippen LogP contribution is 2.27. The normalized spacial score (nSPS) is 17.4. The van der Waals surface area contributed by atoms with E-state index in [-0.39, 0.29) is 24.1 Å². The zero-order valence-electron chi connectivity index (χ0n) is 17.6. The van der Waals surface area contributed by atoms with Crippen LogP contribution >= 0.6 is 23.2 Å². The van der Waals surface area contributed by atoms with E-state index in [9.17, 15) is 13.2 Å². The fourth-order valence-electron chi connectivity index (χ4n) is 3.81. The lowest BCUT2D eigenvalue weighted by Crippen LogP contribution is -2.46. The van der Waals surface area contributed by atoms with Crippen LogP contribution in [0.2, 0.25) is 10.0 Å². The molecule has 0 saturated carbocycles. The summed E-state index contributed by atoms with van der Waals surface area (Å²) in [5, 5.41) is 0.698. The molecule has 1 atom stereocenters. The van der Waals surface area contributed by atoms with E-state index < -0.39 is 10.0 Å². The standard InChI is InChI=1S/C22H26Cl2N2O4S/c1-25(13-17-6-3-4-8-21(17)30-2)22(27)18-7-5-11-26(14-18)31(28,29)15-16-9-10-19(23)20(24)12-16/h3-4,6,8-10,12,18H,5,7,11,13-15H2,1-2H3. The predicted octanol–water partition coefficient (Wildman–Crippen LogP) is 4.20. The van der Waals surface area contributed by atoms with Crippen LogP contribution in [-0.2, 0) is 27.1 Å². The van der Waals surface area contributed by atoms with Gasteiger partial charge in [-0.2, -0.15) is 0 Å². The number of carbonyl (C=O) groups is 1. The molecule has 6 nitrogen and oxygen atoms in total. The molecule has 1 unspecified atom stereocenters. The highest BCUT2D eigenvalue weighted by molar-refractivity contribution is 7.88. The van der Waals surface area contributed by atoms with E-state index in [1.54, 1.807) is 37.3 Å². The van der Waals surface area contributed by atoms with Gasteiger partial charge in [-0.05, 0) is 36.6 Å². The van der Waals surface area contributed by atoms with Crippen LogP contribution in [0.15, 0.2) is 42.5 Å². The lowest BCUT2D eigenvalue weighted by atomic mass is 9.98. The maximum Gasteiger partial charge on any atom is 0.227 e. The van der Waals surface area contributed by atoms with E-state index in [0.29, 0.717) is 41.5 Å². The molecule has 1 amide bonds. The molecule has 0 radical (unpaired) electrons. The number of hydrogen-bond donors (Lipinski definition) is 0. The zero-order valence-corrected chi connectivity index (χ0v) is 19.9. The maximum atomic E-state index is 13.0. The van der Waals surface area contributed by atoms with Crippen molar-refractivity contribution in [1.29, 1.82) is 0 Å². The van der Waals surface area contributed by atoms with Crippen molar-refractivity contribution >= 4 is 39.1 Å². The molecule has 1 aliphatic heterocycles. The minimum absolute atomic E-state index is 0.0691. The minimum atomic E-state index is -3.59. The number of sulfonamides is 1. The molecule has 168 valence electrons. The van der Waals surface area contributed by atoms with Gasteiger partial charge in [0, 0.05) is 32.2 Å². The van der Waals surface area contributed by atoms with Crippen LogP contribution < -0.4 is 4.74 Å². The van der Waals surface area contributed by atoms with E-state index in [4.69, 9.17) is 27.9 Å². The summed E-state index contributed by atoms with van der Waals surface area (Å²) in [6.07, 6.45) is 1.30. The molecule has 0 bridgehead atoms. The molecule has 0 aliphatic carbocycles. The Morgan fingerprint density at radius 2 is 1.94 bits per heavy atom. The number of rotatable bonds is 7. The van der Waals surface area contributed by atoms with Crippen LogP contribution in [0.1, 0.15) is 24.0 Å². The summed E-state index contributed by atoms with van der Waals surface area (Å²) in [5.41, 5.74) is 1.47. The van der Waals surface area contributed by atoms with Gasteiger partial charge in [-0.1, -0.05) is 47.5 Å². The molecule has 3 rings (SSSR count). The Bertz CT molecular complexity index is 1050. The summed E-state index contributed by atoms with van der Waals surface area (Å²) in [7, 11) is -0.257. The number of methoxy groups -OCH3 is 1. The number of hydrogen-bond acceptors (Lipinski definition) is 4. The monoisotopic (exact) mass is 484 g/mol. The average Bonchev–Trinajstić information content (AvgIpc) is 2.76. The Labute approximate surface area is 193 Å². The lowest BCUT2D eigenvalue weighted by molar-refractivity contribution is -0.135. The van der Waals surface area contributed by atoms with Crippen LogP contribution in [0.25, 0.3) is 0 Å². The third-order valence-electron chi connectivity index (χ3n) is 5.44. The Hall–Kier alpha value is -1.80. The first-order valence-electron chi connectivity index (χ1n) is 10.00. The molecular weight excluding hydrogens is 459 g/mol. The average molecular weight is 485 g/mol. The second-order valence-electron chi connectivity index (χ2n) is 7.71. The molecule has 2 aromatic carbocycles. The van der Waals surface area contributed by atoms with E-state index in [1.165, 1.54) is 4.31 Å². The number of para-hydroxylation sites is 1. The Balaban J connectivity index is 1.67. The largest absolute Gasteiger partial charge is 0.496 e. The summed E-state index contributed by atoms with van der Waals surface area (Å²) < 4.78 is 32.7. The van der Waals surface area contributed by atoms with Crippen LogP contribution in [0.5, 0.6) is 5.75 Å². The molecule has 0 N–H and O–H groups in total. The fraction of sp³-hybridized carbons (Fsp3) is 0.409. The van der Waals surface area contributed by atoms with Gasteiger partial charge >= 0.3 is 0 Å². The molecule has 0 aromatic heterocycles. The topological polar surface area (TPSA) is 66.9 Å². The molecule has 0 spiro atoms. The Kier molecular flexibility index (Phi) is 7.86. The molecular formula is C22H26Cl2N2O4S. The summed E-state index contributed by atoms with van der Waals surface area (Å²) in [4.78, 5) is 14.7. The van der Waals surface area contributed by atoms with Crippen LogP contribution in [-0.4, -0.2) is 50.8 Å². The van der Waals surface area contributed by atoms with Gasteiger partial charge in [0.2, 0.25) is 15.9 Å². The number of ether oxygens (including phenoxy) is 1. The highest BCUT2D eigenvalue weighted by atomic mass is 35.5. The summed E-state index contributed by atoms with van der Waals surface area (Å²) in [6.45, 7) is 0.984. The molecule has 1 heterocycles. The first kappa shape index (κ1) is 23.9. The Morgan fingerprint density at radius 1 is 1.19 bits per heavy atom. The molecule has 1 aliphatic rings. The van der Waals surface area contributed by atoms with E-state index in [1.807, 2.05) is 24.3 Å². The van der Waals surface area contributed by atoms with Gasteiger partial charge in [0.15, 0.2) is 0 Å². The fourth-order valence-corrected chi connectivity index (χ4v) is 5.73. The van der Waals surface area contributed by atoms with Gasteiger partial charge in [-0.3, -0.25) is 4.79 Å². The molecule has 1 saturated heterocycles. The number of amides is 1. The zero-order chi connectivity index (χ0) is 22.6. The number of halogens is 2. The quantitative estimate of drug-likeness (QED) is 0.590. The van der Waals surface area contributed by atoms with Crippen LogP contribution in [0, 0.1) is 5.92 Å². The van der Waals surface area contributed by atoms with E-state index in [2.05, 4.69) is 0 Å². The maximum absolute atomic E-state index is 13.0. The van der Waals surface area contributed by atoms with Crippen molar-refractivity contribution in [2.45, 2.75) is 25.1 Å². The van der Waals surface area contributed by atoms with Gasteiger partial charge in [-0.25, -0.2) is 12.7 Å². The SMILES string of the molecule is COc1ccccc1CN(C)C(=O)C1CCCN(S(=O)(=O)Cc2ccc(Cl)c(Cl)c2)C1. The van der Waals surface area contributed by atoms with Gasteiger partial charge in [-0.15, -0.1) is 0 Å². The van der Waals surface area contributed by atoms with E-state index in [0.717, 1.165) is 11.3 Å². The summed E-state index contributed by atoms with van der Waals surface area (Å²) in [5.74, 6) is 0.0935. The van der Waals surface area contributed by atoms with Crippen molar-refractivity contribution in [3.8, 4) is 5.75 Å². The summed E-state index contributed by atoms with van der Waals surface area (Å²) in [6, 6.07) is 12.3. The van der Waals surface area contributed by atoms with Crippen molar-refractivity contribution in [2.75, 3.05) is 27.2 Å². The van der Waals surface area contributed by atoms with Crippen molar-refractivity contribution in [3.63, 3.8) is 0 Å². The van der Waals surface area contributed by atoms with Gasteiger partial charge in [0.05, 0.1) is 28.8 Å². The number of piperidine rings is 1. The number of benzene rings is 2. The predicted molar refractivity (Wildman–Crippen MR) is 123 cm³/mol. The second-order valence-corrected chi connectivity index (χ2v) is 10.5. The molecule has 9 heteroatoms. The molecule has 1 fully saturated rings. The first-order valence-corrected chi connectivity index (χ1v) is 12.4. The van der Waals surface area contributed by atoms with E-state index >= 15 is 0 Å². The van der Waals surface area contributed by atoms with Gasteiger partial charge in [0.25, 0.3) is 0 Å². The summed E-state index contributed by atoms with van der Waals surface area (Å²) >= 11 is 11.9. The molecule has 2 aromatic rings. The molecule has 31 heavy (non-hydrogen) atoms. The lowest BCUT2D eigenvalue weighted by Gasteiger charge is -2.33. The smallest absolute Gasteiger partial charge is 0.227 e. The van der Waals surface area contributed by atoms with Crippen LogP contribution in [0.4, 0.5) is 0 Å². The van der Waals surface area contributed by atoms with Gasteiger partial charge < -0.3 is 9.64 Å². The minimum Gasteiger partial charge on any atom is -0.496 e.